The third kappa shape index (κ3) is 6.05. The van der Waals surface area contributed by atoms with Crippen LogP contribution in [0.15, 0.2) is 55.1 Å². The third-order valence-electron chi connectivity index (χ3n) is 1.32. The fraction of sp³-hybridized carbons (Fsp3) is 0. The third-order valence-corrected chi connectivity index (χ3v) is 1.56. The van der Waals surface area contributed by atoms with Gasteiger partial charge in [-0.2, -0.15) is 0 Å². The van der Waals surface area contributed by atoms with Crippen molar-refractivity contribution in [2.24, 2.45) is 0 Å². The Morgan fingerprint density at radius 2 is 1.57 bits per heavy atom. The Morgan fingerprint density at radius 1 is 1.00 bits per heavy atom. The van der Waals surface area contributed by atoms with E-state index in [0.717, 1.165) is 0 Å². The zero-order valence-electron chi connectivity index (χ0n) is 9.08. The average Bonchev–Trinajstić information content (AvgIpc) is 2.74. The molecule has 0 bridgehead atoms. The maximum Gasteiger partial charge on any atom is 1.00 e. The van der Waals surface area contributed by atoms with E-state index in [1.807, 2.05) is 47.3 Å². The summed E-state index contributed by atoms with van der Waals surface area (Å²) in [6, 6.07) is 9.58. The fourth-order valence-corrected chi connectivity index (χ4v) is 0.871. The molecule has 2 aromatic heterocycles. The minimum atomic E-state index is 0. The monoisotopic (exact) mass is 214 g/mol. The van der Waals surface area contributed by atoms with Crippen molar-refractivity contribution in [1.29, 1.82) is 0 Å². The van der Waals surface area contributed by atoms with Crippen molar-refractivity contribution in [3.8, 4) is 0 Å². The standard InChI is InChI=1S/C5H5NS.C5H5N.Na.H/c7-5-6-3-1-2-4-6;1-2-4-6-5-3-1;;/h1-5H;1-5H;;/q;;+1;-1. The predicted octanol–water partition coefficient (Wildman–Crippen LogP) is -0.509. The van der Waals surface area contributed by atoms with E-state index in [2.05, 4.69) is 17.2 Å². The molecule has 0 N–H and O–H groups in total. The zero-order chi connectivity index (χ0) is 9.36. The Labute approximate surface area is 113 Å². The minimum Gasteiger partial charge on any atom is -1.00 e. The molecule has 2 heterocycles. The largest absolute Gasteiger partial charge is 1.00 e. The molecule has 2 nitrogen and oxygen atoms in total. The predicted molar refractivity (Wildman–Crippen MR) is 58.8 cm³/mol. The van der Waals surface area contributed by atoms with Gasteiger partial charge >= 0.3 is 29.6 Å². The van der Waals surface area contributed by atoms with Crippen molar-refractivity contribution in [1.82, 2.24) is 9.55 Å². The molecular formula is C10H11N2NaS. The van der Waals surface area contributed by atoms with E-state index in [0.29, 0.717) is 0 Å². The molecule has 0 spiro atoms. The average molecular weight is 214 g/mol. The summed E-state index contributed by atoms with van der Waals surface area (Å²) in [7, 11) is 0. The van der Waals surface area contributed by atoms with E-state index >= 15 is 0 Å². The first-order valence-corrected chi connectivity index (χ1v) is 4.33. The summed E-state index contributed by atoms with van der Waals surface area (Å²) in [5.41, 5.74) is 1.58. The van der Waals surface area contributed by atoms with E-state index < -0.39 is 0 Å². The number of nitrogens with zero attached hydrogens (tertiary/aromatic N) is 2. The van der Waals surface area contributed by atoms with Gasteiger partial charge in [-0.3, -0.25) is 4.98 Å². The van der Waals surface area contributed by atoms with Gasteiger partial charge in [0, 0.05) is 24.8 Å². The van der Waals surface area contributed by atoms with Crippen molar-refractivity contribution in [2.75, 3.05) is 0 Å². The topological polar surface area (TPSA) is 17.8 Å². The molecule has 4 heteroatoms. The van der Waals surface area contributed by atoms with Crippen LogP contribution < -0.4 is 29.6 Å². The second kappa shape index (κ2) is 9.09. The molecule has 0 aliphatic heterocycles. The van der Waals surface area contributed by atoms with Crippen molar-refractivity contribution in [3.05, 3.63) is 55.1 Å². The van der Waals surface area contributed by atoms with Crippen LogP contribution in [0.4, 0.5) is 0 Å². The van der Waals surface area contributed by atoms with E-state index in [4.69, 9.17) is 0 Å². The van der Waals surface area contributed by atoms with Gasteiger partial charge in [-0.15, -0.1) is 0 Å². The van der Waals surface area contributed by atoms with Crippen molar-refractivity contribution in [2.45, 2.75) is 0 Å². The van der Waals surface area contributed by atoms with Crippen LogP contribution in [0.1, 0.15) is 1.43 Å². The molecule has 0 aliphatic carbocycles. The quantitative estimate of drug-likeness (QED) is 0.470. The normalized spacial score (nSPS) is 7.71. The van der Waals surface area contributed by atoms with Crippen LogP contribution in [0.3, 0.4) is 0 Å². The number of pyridine rings is 1. The summed E-state index contributed by atoms with van der Waals surface area (Å²) in [6.07, 6.45) is 7.29. The molecular weight excluding hydrogens is 203 g/mol. The van der Waals surface area contributed by atoms with E-state index in [9.17, 15) is 0 Å². The minimum absolute atomic E-state index is 0. The van der Waals surface area contributed by atoms with Gasteiger partial charge < -0.3 is 5.99 Å². The summed E-state index contributed by atoms with van der Waals surface area (Å²) in [6.45, 7) is 0. The van der Waals surface area contributed by atoms with Gasteiger partial charge in [-0.25, -0.2) is 0 Å². The van der Waals surface area contributed by atoms with Crippen LogP contribution in [-0.2, 0) is 0 Å². The Morgan fingerprint density at radius 3 is 1.79 bits per heavy atom. The van der Waals surface area contributed by atoms with Gasteiger partial charge in [-0.1, -0.05) is 18.3 Å². The summed E-state index contributed by atoms with van der Waals surface area (Å²) in [4.78, 5) is 3.78. The Hall–Kier alpha value is -0.480. The van der Waals surface area contributed by atoms with Crippen LogP contribution in [0, 0.1) is 0 Å². The molecule has 68 valence electrons. The van der Waals surface area contributed by atoms with Crippen molar-refractivity contribution in [3.63, 3.8) is 0 Å². The molecule has 0 aliphatic rings. The van der Waals surface area contributed by atoms with Crippen LogP contribution in [-0.4, -0.2) is 15.0 Å². The molecule has 0 radical (unpaired) electrons. The molecule has 0 aromatic carbocycles. The molecule has 14 heavy (non-hydrogen) atoms. The van der Waals surface area contributed by atoms with Gasteiger partial charge in [0.25, 0.3) is 0 Å². The molecule has 0 unspecified atom stereocenters. The summed E-state index contributed by atoms with van der Waals surface area (Å²) in [5.74, 6) is 0. The summed E-state index contributed by atoms with van der Waals surface area (Å²) in [5, 5.41) is 0. The molecule has 2 rings (SSSR count). The van der Waals surface area contributed by atoms with Gasteiger partial charge in [0.2, 0.25) is 0 Å². The molecule has 2 aromatic rings. The summed E-state index contributed by atoms with van der Waals surface area (Å²) < 4.78 is 1.81. The number of rotatable bonds is 1. The molecule has 0 saturated heterocycles. The Kier molecular flexibility index (Phi) is 8.78. The number of hydrogen-bond acceptors (Lipinski definition) is 2. The van der Waals surface area contributed by atoms with Crippen molar-refractivity contribution >= 4 is 17.7 Å². The smallest absolute Gasteiger partial charge is 1.00 e. The van der Waals surface area contributed by atoms with Crippen LogP contribution in [0.25, 0.3) is 0 Å². The first-order chi connectivity index (χ1) is 6.43. The molecule has 0 fully saturated rings. The van der Waals surface area contributed by atoms with E-state index in [1.54, 1.807) is 17.9 Å². The zero-order valence-corrected chi connectivity index (χ0v) is 10.9. The summed E-state index contributed by atoms with van der Waals surface area (Å²) >= 11 is 4.61. The maximum absolute atomic E-state index is 4.61. The van der Waals surface area contributed by atoms with Crippen LogP contribution >= 0.6 is 12.2 Å². The van der Waals surface area contributed by atoms with E-state index in [1.165, 1.54) is 0 Å². The van der Waals surface area contributed by atoms with Crippen molar-refractivity contribution < 1.29 is 31.0 Å². The SMILES string of the molecule is S=Cn1cccc1.[H-].[Na+].c1ccncc1. The van der Waals surface area contributed by atoms with Crippen LogP contribution in [0.2, 0.25) is 0 Å². The molecule has 0 atom stereocenters. The number of thiocarbonyl (C=S) groups is 1. The Balaban J connectivity index is 0. The van der Waals surface area contributed by atoms with Gasteiger partial charge in [0.15, 0.2) is 0 Å². The first-order valence-electron chi connectivity index (χ1n) is 3.86. The van der Waals surface area contributed by atoms with E-state index in [-0.39, 0.29) is 31.0 Å². The van der Waals surface area contributed by atoms with Gasteiger partial charge in [0.1, 0.15) is 0 Å². The van der Waals surface area contributed by atoms with Gasteiger partial charge in [0.05, 0.1) is 5.49 Å². The maximum atomic E-state index is 4.61. The first kappa shape index (κ1) is 13.5. The Bertz CT molecular complexity index is 300. The fourth-order valence-electron chi connectivity index (χ4n) is 0.731. The number of aromatic nitrogens is 2. The van der Waals surface area contributed by atoms with Crippen LogP contribution in [0.5, 0.6) is 0 Å². The molecule has 0 saturated carbocycles. The van der Waals surface area contributed by atoms with Gasteiger partial charge in [-0.05, 0) is 24.3 Å². The second-order valence-electron chi connectivity index (χ2n) is 2.26. The molecule has 0 amide bonds. The number of hydrogen-bond donors (Lipinski definition) is 0. The second-order valence-corrected chi connectivity index (χ2v) is 2.47.